The number of imide groups is 1. The first-order valence-corrected chi connectivity index (χ1v) is 8.82. The molecule has 6 atom stereocenters. The molecular formula is C19H17N3O4. The Labute approximate surface area is 149 Å². The van der Waals surface area contributed by atoms with Gasteiger partial charge in [-0.2, -0.15) is 10.1 Å². The molecule has 0 N–H and O–H groups in total. The average Bonchev–Trinajstić information content (AvgIpc) is 3.40. The molecule has 1 aromatic carbocycles. The van der Waals surface area contributed by atoms with E-state index in [0.29, 0.717) is 23.0 Å². The highest BCUT2D eigenvalue weighted by molar-refractivity contribution is 6.06. The molecule has 2 bridgehead atoms. The summed E-state index contributed by atoms with van der Waals surface area (Å²) in [6.07, 6.45) is 6.70. The van der Waals surface area contributed by atoms with Crippen LogP contribution in [0, 0.1) is 52.5 Å². The minimum absolute atomic E-state index is 0.0102. The number of nitro groups is 1. The van der Waals surface area contributed by atoms with Crippen molar-refractivity contribution in [2.24, 2.45) is 40.6 Å². The minimum atomic E-state index is -0.455. The van der Waals surface area contributed by atoms with Crippen molar-refractivity contribution in [2.75, 3.05) is 0 Å². The Kier molecular flexibility index (Phi) is 3.02. The van der Waals surface area contributed by atoms with Crippen LogP contribution in [0.3, 0.4) is 0 Å². The third-order valence-corrected chi connectivity index (χ3v) is 6.39. The highest BCUT2D eigenvalue weighted by Crippen LogP contribution is 2.65. The Bertz CT molecular complexity index is 885. The van der Waals surface area contributed by atoms with Gasteiger partial charge in [-0.3, -0.25) is 19.7 Å². The number of carbonyl (C=O) groups is 2. The highest BCUT2D eigenvalue weighted by Gasteiger charge is 2.67. The van der Waals surface area contributed by atoms with E-state index in [1.807, 2.05) is 0 Å². The molecular weight excluding hydrogens is 334 g/mol. The molecule has 5 aliphatic rings. The minimum Gasteiger partial charge on any atom is -0.272 e. The van der Waals surface area contributed by atoms with Crippen LogP contribution < -0.4 is 0 Å². The topological polar surface area (TPSA) is 92.9 Å². The molecule has 2 amide bonds. The molecule has 0 aromatic heterocycles. The molecule has 1 saturated heterocycles. The number of hydrazone groups is 1. The number of nitro benzene ring substituents is 1. The third kappa shape index (κ3) is 1.97. The average molecular weight is 351 g/mol. The second kappa shape index (κ2) is 5.09. The van der Waals surface area contributed by atoms with Gasteiger partial charge in [-0.05, 0) is 37.0 Å². The zero-order chi connectivity index (χ0) is 18.2. The summed E-state index contributed by atoms with van der Waals surface area (Å²) in [5, 5.41) is 16.1. The van der Waals surface area contributed by atoms with E-state index in [1.165, 1.54) is 12.3 Å². The van der Waals surface area contributed by atoms with Gasteiger partial charge in [-0.25, -0.2) is 0 Å². The lowest BCUT2D eigenvalue weighted by atomic mass is 9.63. The molecule has 6 unspecified atom stereocenters. The summed E-state index contributed by atoms with van der Waals surface area (Å²) >= 11 is 0. The van der Waals surface area contributed by atoms with Crippen molar-refractivity contribution in [2.45, 2.75) is 13.3 Å². The molecule has 0 spiro atoms. The number of benzene rings is 1. The fourth-order valence-electron chi connectivity index (χ4n) is 5.08. The van der Waals surface area contributed by atoms with Gasteiger partial charge in [0.2, 0.25) is 0 Å². The molecule has 2 saturated carbocycles. The predicted molar refractivity (Wildman–Crippen MR) is 92.0 cm³/mol. The van der Waals surface area contributed by atoms with Crippen LogP contribution in [0.5, 0.6) is 0 Å². The SMILES string of the molecule is Cc1ccc(C=NN2C(=O)C3C4C=CC(C5CC45)C3C2=O)cc1[N+](=O)[O-]. The number of carbonyl (C=O) groups excluding carboxylic acids is 2. The second-order valence-corrected chi connectivity index (χ2v) is 7.69. The first-order chi connectivity index (χ1) is 12.5. The van der Waals surface area contributed by atoms with Crippen LogP contribution in [-0.4, -0.2) is 28.0 Å². The lowest BCUT2D eigenvalue weighted by molar-refractivity contribution is -0.385. The van der Waals surface area contributed by atoms with E-state index >= 15 is 0 Å². The van der Waals surface area contributed by atoms with Crippen molar-refractivity contribution in [3.05, 3.63) is 51.6 Å². The second-order valence-electron chi connectivity index (χ2n) is 7.69. The van der Waals surface area contributed by atoms with Gasteiger partial charge in [0, 0.05) is 17.2 Å². The van der Waals surface area contributed by atoms with E-state index < -0.39 is 4.92 Å². The van der Waals surface area contributed by atoms with Crippen LogP contribution in [-0.2, 0) is 9.59 Å². The van der Waals surface area contributed by atoms with Gasteiger partial charge in [0.1, 0.15) is 0 Å². The summed E-state index contributed by atoms with van der Waals surface area (Å²) in [4.78, 5) is 36.2. The first kappa shape index (κ1) is 15.4. The first-order valence-electron chi connectivity index (χ1n) is 8.82. The lowest BCUT2D eigenvalue weighted by Crippen LogP contribution is -2.40. The van der Waals surface area contributed by atoms with Gasteiger partial charge < -0.3 is 0 Å². The molecule has 1 heterocycles. The Morgan fingerprint density at radius 3 is 2.35 bits per heavy atom. The zero-order valence-electron chi connectivity index (χ0n) is 14.1. The Morgan fingerprint density at radius 2 is 1.77 bits per heavy atom. The quantitative estimate of drug-likeness (QED) is 0.275. The summed E-state index contributed by atoms with van der Waals surface area (Å²) in [5.41, 5.74) is 1.03. The zero-order valence-corrected chi connectivity index (χ0v) is 14.1. The fraction of sp³-hybridized carbons (Fsp3) is 0.421. The maximum Gasteiger partial charge on any atom is 0.272 e. The number of hydrogen-bond acceptors (Lipinski definition) is 5. The maximum atomic E-state index is 12.8. The van der Waals surface area contributed by atoms with Crippen LogP contribution >= 0.6 is 0 Å². The Morgan fingerprint density at radius 1 is 1.15 bits per heavy atom. The number of hydrogen-bond donors (Lipinski definition) is 0. The van der Waals surface area contributed by atoms with Crippen LogP contribution in [0.2, 0.25) is 0 Å². The van der Waals surface area contributed by atoms with E-state index in [4.69, 9.17) is 0 Å². The van der Waals surface area contributed by atoms with E-state index in [0.717, 1.165) is 11.4 Å². The summed E-state index contributed by atoms with van der Waals surface area (Å²) in [6.45, 7) is 1.66. The molecule has 26 heavy (non-hydrogen) atoms. The van der Waals surface area contributed by atoms with Gasteiger partial charge in [0.25, 0.3) is 17.5 Å². The van der Waals surface area contributed by atoms with E-state index in [2.05, 4.69) is 17.3 Å². The Balaban J connectivity index is 1.43. The van der Waals surface area contributed by atoms with Crippen molar-refractivity contribution >= 4 is 23.7 Å². The smallest absolute Gasteiger partial charge is 0.272 e. The van der Waals surface area contributed by atoms with E-state index in [9.17, 15) is 19.7 Å². The van der Waals surface area contributed by atoms with Gasteiger partial charge in [-0.15, -0.1) is 0 Å². The van der Waals surface area contributed by atoms with Crippen molar-refractivity contribution in [1.82, 2.24) is 5.01 Å². The van der Waals surface area contributed by atoms with Crippen molar-refractivity contribution in [3.8, 4) is 0 Å². The van der Waals surface area contributed by atoms with Crippen LogP contribution in [0.1, 0.15) is 17.5 Å². The number of rotatable bonds is 3. The van der Waals surface area contributed by atoms with Gasteiger partial charge in [0.05, 0.1) is 23.0 Å². The number of aryl methyl sites for hydroxylation is 1. The fourth-order valence-corrected chi connectivity index (χ4v) is 5.08. The Hall–Kier alpha value is -2.83. The van der Waals surface area contributed by atoms with Crippen molar-refractivity contribution in [3.63, 3.8) is 0 Å². The molecule has 1 aliphatic heterocycles. The van der Waals surface area contributed by atoms with Crippen molar-refractivity contribution in [1.29, 1.82) is 0 Å². The lowest BCUT2D eigenvalue weighted by Gasteiger charge is -2.37. The van der Waals surface area contributed by atoms with Gasteiger partial charge >= 0.3 is 0 Å². The molecule has 132 valence electrons. The monoisotopic (exact) mass is 351 g/mol. The van der Waals surface area contributed by atoms with Gasteiger partial charge in [-0.1, -0.05) is 24.3 Å². The third-order valence-electron chi connectivity index (χ3n) is 6.39. The maximum absolute atomic E-state index is 12.8. The summed E-state index contributed by atoms with van der Waals surface area (Å²) in [6, 6.07) is 4.71. The molecule has 0 radical (unpaired) electrons. The summed E-state index contributed by atoms with van der Waals surface area (Å²) in [5.74, 6) is 0.374. The van der Waals surface area contributed by atoms with Gasteiger partial charge in [0.15, 0.2) is 0 Å². The van der Waals surface area contributed by atoms with Crippen LogP contribution in [0.25, 0.3) is 0 Å². The van der Waals surface area contributed by atoms with Crippen LogP contribution in [0.4, 0.5) is 5.69 Å². The van der Waals surface area contributed by atoms with Crippen LogP contribution in [0.15, 0.2) is 35.5 Å². The molecule has 7 heteroatoms. The molecule has 6 rings (SSSR count). The van der Waals surface area contributed by atoms with E-state index in [-0.39, 0.29) is 41.2 Å². The highest BCUT2D eigenvalue weighted by atomic mass is 16.6. The summed E-state index contributed by atoms with van der Waals surface area (Å²) < 4.78 is 0. The molecule has 7 nitrogen and oxygen atoms in total. The van der Waals surface area contributed by atoms with E-state index in [1.54, 1.807) is 19.1 Å². The normalized spacial score (nSPS) is 36.6. The number of allylic oxidation sites excluding steroid dienone is 2. The molecule has 3 fully saturated rings. The van der Waals surface area contributed by atoms with Crippen molar-refractivity contribution < 1.29 is 14.5 Å². The number of amides is 2. The predicted octanol–water partition coefficient (Wildman–Crippen LogP) is 2.29. The molecule has 1 aromatic rings. The largest absolute Gasteiger partial charge is 0.272 e. The standard InChI is InChI=1S/C19H17N3O4/c1-9-2-3-10(6-15(9)22(25)26)8-20-21-18(23)16-11-4-5-12(14-7-13(11)14)17(16)19(21)24/h2-6,8,11-14,16-17H,7H2,1H3. The number of nitrogens with zero attached hydrogens (tertiary/aromatic N) is 3. The summed E-state index contributed by atoms with van der Waals surface area (Å²) in [7, 11) is 0. The molecule has 4 aliphatic carbocycles.